The third-order valence-electron chi connectivity index (χ3n) is 5.97. The summed E-state index contributed by atoms with van der Waals surface area (Å²) in [5, 5.41) is 3.74. The number of benzene rings is 2. The maximum Gasteiger partial charge on any atom is 0.239 e. The molecular weight excluding hydrogens is 344 g/mol. The number of nitrogens with one attached hydrogen (secondary N) is 1. The fourth-order valence-corrected chi connectivity index (χ4v) is 4.34. The Balaban J connectivity index is 1.81. The minimum Gasteiger partial charge on any atom is -0.468 e. The van der Waals surface area contributed by atoms with Gasteiger partial charge in [0.15, 0.2) is 0 Å². The van der Waals surface area contributed by atoms with E-state index in [-0.39, 0.29) is 6.10 Å². The van der Waals surface area contributed by atoms with Crippen molar-refractivity contribution in [3.63, 3.8) is 0 Å². The van der Waals surface area contributed by atoms with Crippen molar-refractivity contribution in [1.82, 2.24) is 0 Å². The van der Waals surface area contributed by atoms with E-state index in [4.69, 9.17) is 9.73 Å². The van der Waals surface area contributed by atoms with Crippen LogP contribution in [0, 0.1) is 27.7 Å². The van der Waals surface area contributed by atoms with Crippen molar-refractivity contribution in [1.29, 1.82) is 0 Å². The first-order valence-corrected chi connectivity index (χ1v) is 10.4. The summed E-state index contributed by atoms with van der Waals surface area (Å²) in [6.45, 7) is 8.54. The molecule has 1 aliphatic heterocycles. The van der Waals surface area contributed by atoms with Crippen LogP contribution in [0.3, 0.4) is 0 Å². The Morgan fingerprint density at radius 1 is 0.857 bits per heavy atom. The lowest BCUT2D eigenvalue weighted by molar-refractivity contribution is 0.228. The summed E-state index contributed by atoms with van der Waals surface area (Å²) >= 11 is 0. The summed E-state index contributed by atoms with van der Waals surface area (Å²) in [5.41, 5.74) is 9.53. The molecule has 146 valence electrons. The SMILES string of the molecule is Cc1cccc(C)c1N=C1OC2CCCCCC2=C1Nc1c(C)cccc1C. The second kappa shape index (κ2) is 7.83. The van der Waals surface area contributed by atoms with Gasteiger partial charge in [-0.3, -0.25) is 0 Å². The largest absolute Gasteiger partial charge is 0.468 e. The van der Waals surface area contributed by atoms with Crippen LogP contribution in [-0.4, -0.2) is 12.0 Å². The van der Waals surface area contributed by atoms with E-state index in [0.29, 0.717) is 0 Å². The van der Waals surface area contributed by atoms with Gasteiger partial charge in [0.05, 0.1) is 5.69 Å². The van der Waals surface area contributed by atoms with E-state index >= 15 is 0 Å². The van der Waals surface area contributed by atoms with Gasteiger partial charge in [-0.15, -0.1) is 0 Å². The van der Waals surface area contributed by atoms with E-state index in [1.165, 1.54) is 52.8 Å². The Morgan fingerprint density at radius 2 is 1.50 bits per heavy atom. The van der Waals surface area contributed by atoms with Gasteiger partial charge < -0.3 is 10.1 Å². The van der Waals surface area contributed by atoms with Crippen LogP contribution in [0.1, 0.15) is 54.4 Å². The maximum absolute atomic E-state index is 6.44. The highest BCUT2D eigenvalue weighted by molar-refractivity contribution is 6.01. The molecule has 0 radical (unpaired) electrons. The molecule has 0 aromatic heterocycles. The average molecular weight is 375 g/mol. The molecule has 3 heteroatoms. The fourth-order valence-electron chi connectivity index (χ4n) is 4.34. The lowest BCUT2D eigenvalue weighted by atomic mass is 10.0. The molecule has 2 aliphatic rings. The first-order chi connectivity index (χ1) is 13.5. The molecular formula is C25H30N2O. The standard InChI is InChI=1S/C25H30N2O/c1-16-10-8-11-17(2)22(16)26-24-20-14-6-5-7-15-21(20)28-25(24)27-23-18(3)12-9-13-19(23)4/h8-13,21,26H,5-7,14-15H2,1-4H3. The second-order valence-electron chi connectivity index (χ2n) is 8.16. The molecule has 0 amide bonds. The predicted octanol–water partition coefficient (Wildman–Crippen LogP) is 6.68. The molecule has 1 fully saturated rings. The average Bonchev–Trinajstić information content (AvgIpc) is 2.82. The van der Waals surface area contributed by atoms with E-state index in [2.05, 4.69) is 69.4 Å². The number of fused-ring (bicyclic) bond motifs is 1. The zero-order chi connectivity index (χ0) is 19.7. The molecule has 1 saturated carbocycles. The Hall–Kier alpha value is -2.55. The molecule has 0 spiro atoms. The van der Waals surface area contributed by atoms with Gasteiger partial charge in [0.1, 0.15) is 11.8 Å². The highest BCUT2D eigenvalue weighted by Gasteiger charge is 2.34. The highest BCUT2D eigenvalue weighted by Crippen LogP contribution is 2.37. The molecule has 1 aliphatic carbocycles. The van der Waals surface area contributed by atoms with Gasteiger partial charge in [-0.05, 0) is 81.2 Å². The number of hydrogen-bond donors (Lipinski definition) is 1. The molecule has 0 bridgehead atoms. The van der Waals surface area contributed by atoms with Gasteiger partial charge in [0.2, 0.25) is 5.90 Å². The molecule has 2 aromatic carbocycles. The van der Waals surface area contributed by atoms with Crippen molar-refractivity contribution in [2.24, 2.45) is 4.99 Å². The lowest BCUT2D eigenvalue weighted by Crippen LogP contribution is -2.12. The van der Waals surface area contributed by atoms with E-state index < -0.39 is 0 Å². The van der Waals surface area contributed by atoms with E-state index in [9.17, 15) is 0 Å². The zero-order valence-electron chi connectivity index (χ0n) is 17.4. The van der Waals surface area contributed by atoms with Gasteiger partial charge in [0, 0.05) is 5.69 Å². The Morgan fingerprint density at radius 3 is 2.18 bits per heavy atom. The van der Waals surface area contributed by atoms with Crippen LogP contribution in [0.15, 0.2) is 52.7 Å². The molecule has 28 heavy (non-hydrogen) atoms. The third-order valence-corrected chi connectivity index (χ3v) is 5.97. The van der Waals surface area contributed by atoms with Gasteiger partial charge in [-0.1, -0.05) is 42.8 Å². The van der Waals surface area contributed by atoms with E-state index in [0.717, 1.165) is 30.1 Å². The van der Waals surface area contributed by atoms with Crippen LogP contribution in [-0.2, 0) is 4.74 Å². The van der Waals surface area contributed by atoms with Gasteiger partial charge in [-0.2, -0.15) is 0 Å². The summed E-state index contributed by atoms with van der Waals surface area (Å²) < 4.78 is 6.44. The summed E-state index contributed by atoms with van der Waals surface area (Å²) in [4.78, 5) is 5.02. The van der Waals surface area contributed by atoms with Crippen LogP contribution < -0.4 is 5.32 Å². The smallest absolute Gasteiger partial charge is 0.239 e. The fraction of sp³-hybridized carbons (Fsp3) is 0.400. The number of nitrogens with zero attached hydrogens (tertiary/aromatic N) is 1. The number of anilines is 1. The Bertz CT molecular complexity index is 915. The zero-order valence-corrected chi connectivity index (χ0v) is 17.4. The number of para-hydroxylation sites is 2. The van der Waals surface area contributed by atoms with Crippen LogP contribution in [0.2, 0.25) is 0 Å². The van der Waals surface area contributed by atoms with Crippen LogP contribution in [0.5, 0.6) is 0 Å². The van der Waals surface area contributed by atoms with Crippen molar-refractivity contribution in [3.05, 3.63) is 69.9 Å². The van der Waals surface area contributed by atoms with Gasteiger partial charge in [-0.25, -0.2) is 4.99 Å². The van der Waals surface area contributed by atoms with Crippen molar-refractivity contribution < 1.29 is 4.74 Å². The number of aliphatic imine (C=N–C) groups is 1. The van der Waals surface area contributed by atoms with Crippen molar-refractivity contribution in [2.75, 3.05) is 5.32 Å². The normalized spacial score (nSPS) is 20.7. The van der Waals surface area contributed by atoms with Crippen LogP contribution in [0.4, 0.5) is 11.4 Å². The molecule has 2 aromatic rings. The number of ether oxygens (including phenoxy) is 1. The number of hydrogen-bond acceptors (Lipinski definition) is 3. The quantitative estimate of drug-likeness (QED) is 0.650. The van der Waals surface area contributed by atoms with Crippen molar-refractivity contribution in [3.8, 4) is 0 Å². The first kappa shape index (κ1) is 18.8. The van der Waals surface area contributed by atoms with Crippen molar-refractivity contribution in [2.45, 2.75) is 65.9 Å². The maximum atomic E-state index is 6.44. The first-order valence-electron chi connectivity index (χ1n) is 10.4. The molecule has 0 saturated heterocycles. The van der Waals surface area contributed by atoms with Gasteiger partial charge >= 0.3 is 0 Å². The van der Waals surface area contributed by atoms with E-state index in [1.54, 1.807) is 0 Å². The predicted molar refractivity (Wildman–Crippen MR) is 118 cm³/mol. The summed E-state index contributed by atoms with van der Waals surface area (Å²) in [5.74, 6) is 0.752. The van der Waals surface area contributed by atoms with Crippen LogP contribution in [0.25, 0.3) is 0 Å². The molecule has 1 atom stereocenters. The lowest BCUT2D eigenvalue weighted by Gasteiger charge is -2.15. The van der Waals surface area contributed by atoms with Crippen LogP contribution >= 0.6 is 0 Å². The highest BCUT2D eigenvalue weighted by atomic mass is 16.5. The van der Waals surface area contributed by atoms with Crippen molar-refractivity contribution >= 4 is 17.3 Å². The minimum atomic E-state index is 0.164. The molecule has 1 heterocycles. The summed E-state index contributed by atoms with van der Waals surface area (Å²) in [6.07, 6.45) is 6.06. The number of rotatable bonds is 3. The summed E-state index contributed by atoms with van der Waals surface area (Å²) in [6, 6.07) is 12.7. The number of aryl methyl sites for hydroxylation is 4. The second-order valence-corrected chi connectivity index (χ2v) is 8.16. The molecule has 3 nitrogen and oxygen atoms in total. The Labute approximate surface area is 168 Å². The molecule has 4 rings (SSSR count). The molecule has 1 unspecified atom stereocenters. The van der Waals surface area contributed by atoms with E-state index in [1.807, 2.05) is 0 Å². The Kier molecular flexibility index (Phi) is 5.25. The minimum absolute atomic E-state index is 0.164. The summed E-state index contributed by atoms with van der Waals surface area (Å²) in [7, 11) is 0. The van der Waals surface area contributed by atoms with Gasteiger partial charge in [0.25, 0.3) is 0 Å². The molecule has 1 N–H and O–H groups in total. The monoisotopic (exact) mass is 374 g/mol. The topological polar surface area (TPSA) is 33.6 Å². The third kappa shape index (κ3) is 3.58.